The third kappa shape index (κ3) is 3.20. The maximum atomic E-state index is 10.8. The molecule has 0 aliphatic rings. The molecule has 1 aromatic carbocycles. The van der Waals surface area contributed by atoms with Crippen molar-refractivity contribution in [3.63, 3.8) is 0 Å². The highest BCUT2D eigenvalue weighted by atomic mass is 16.6. The van der Waals surface area contributed by atoms with Gasteiger partial charge in [0, 0.05) is 17.8 Å². The Kier molecular flexibility index (Phi) is 3.67. The molecule has 18 heavy (non-hydrogen) atoms. The maximum absolute atomic E-state index is 10.8. The van der Waals surface area contributed by atoms with Crippen molar-refractivity contribution < 1.29 is 10.0 Å². The summed E-state index contributed by atoms with van der Waals surface area (Å²) in [6.45, 7) is 8.89. The minimum Gasteiger partial charge on any atom is -0.388 e. The molecule has 2 N–H and O–H groups in total. The molecule has 0 unspecified atom stereocenters. The first-order valence-corrected chi connectivity index (χ1v) is 5.79. The van der Waals surface area contributed by atoms with E-state index in [9.17, 15) is 15.2 Å². The van der Waals surface area contributed by atoms with Gasteiger partial charge >= 0.3 is 0 Å². The fourth-order valence-electron chi connectivity index (χ4n) is 1.45. The summed E-state index contributed by atoms with van der Waals surface area (Å²) in [5.74, 6) is 0. The molecule has 0 atom stereocenters. The highest BCUT2D eigenvalue weighted by molar-refractivity contribution is 5.55. The van der Waals surface area contributed by atoms with Crippen LogP contribution in [0, 0.1) is 17.0 Å². The van der Waals surface area contributed by atoms with Crippen molar-refractivity contribution >= 4 is 11.4 Å². The van der Waals surface area contributed by atoms with E-state index >= 15 is 0 Å². The minimum absolute atomic E-state index is 0.0454. The van der Waals surface area contributed by atoms with Gasteiger partial charge in [-0.25, -0.2) is 0 Å². The predicted molar refractivity (Wildman–Crippen MR) is 71.8 cm³/mol. The Labute approximate surface area is 107 Å². The summed E-state index contributed by atoms with van der Waals surface area (Å²) in [5, 5.41) is 24.0. The Morgan fingerprint density at radius 3 is 2.22 bits per heavy atom. The summed E-state index contributed by atoms with van der Waals surface area (Å²) in [5.41, 5.74) is -0.0729. The Morgan fingerprint density at radius 1 is 1.22 bits per heavy atom. The summed E-state index contributed by atoms with van der Waals surface area (Å²) >= 11 is 0. The number of rotatable bonds is 4. The molecule has 0 aromatic heterocycles. The topological polar surface area (TPSA) is 75.4 Å². The van der Waals surface area contributed by atoms with Crippen LogP contribution in [0.2, 0.25) is 0 Å². The molecule has 0 fully saturated rings. The van der Waals surface area contributed by atoms with Gasteiger partial charge in [-0.05, 0) is 46.2 Å². The van der Waals surface area contributed by atoms with Crippen LogP contribution in [0.4, 0.5) is 11.4 Å². The molecule has 0 spiro atoms. The van der Waals surface area contributed by atoms with Gasteiger partial charge < -0.3 is 10.4 Å². The van der Waals surface area contributed by atoms with E-state index in [1.54, 1.807) is 20.8 Å². The van der Waals surface area contributed by atoms with Gasteiger partial charge in [0.25, 0.3) is 5.69 Å². The molecule has 0 radical (unpaired) electrons. The first kappa shape index (κ1) is 14.4. The Bertz CT molecular complexity index is 462. The van der Waals surface area contributed by atoms with Gasteiger partial charge in [0.2, 0.25) is 0 Å². The van der Waals surface area contributed by atoms with Gasteiger partial charge in [0.15, 0.2) is 0 Å². The monoisotopic (exact) mass is 252 g/mol. The van der Waals surface area contributed by atoms with Gasteiger partial charge in [-0.3, -0.25) is 10.1 Å². The van der Waals surface area contributed by atoms with Crippen molar-refractivity contribution in [1.82, 2.24) is 0 Å². The average Bonchev–Trinajstić information content (AvgIpc) is 2.13. The normalized spacial score (nSPS) is 12.3. The molecule has 1 aromatic rings. The number of anilines is 1. The fourth-order valence-corrected chi connectivity index (χ4v) is 1.45. The van der Waals surface area contributed by atoms with Crippen LogP contribution >= 0.6 is 0 Å². The van der Waals surface area contributed by atoms with Gasteiger partial charge in [-0.15, -0.1) is 0 Å². The lowest BCUT2D eigenvalue weighted by molar-refractivity contribution is -0.384. The van der Waals surface area contributed by atoms with Gasteiger partial charge in [0.05, 0.1) is 16.1 Å². The number of nitro benzene ring substituents is 1. The van der Waals surface area contributed by atoms with Crippen molar-refractivity contribution in [2.75, 3.05) is 5.32 Å². The quantitative estimate of drug-likeness (QED) is 0.638. The zero-order valence-corrected chi connectivity index (χ0v) is 11.4. The Hall–Kier alpha value is -1.62. The summed E-state index contributed by atoms with van der Waals surface area (Å²) < 4.78 is 0. The number of benzene rings is 1. The van der Waals surface area contributed by atoms with Gasteiger partial charge in [-0.2, -0.15) is 0 Å². The number of hydrogen-bond acceptors (Lipinski definition) is 4. The Balaban J connectivity index is 3.09. The molecule has 5 heteroatoms. The molecule has 0 aliphatic heterocycles. The van der Waals surface area contributed by atoms with E-state index < -0.39 is 16.1 Å². The number of non-ortho nitro benzene ring substituents is 1. The SMILES string of the molecule is Cc1cc(NC(C)(C)C(C)(C)O)cc([N+](=O)[O-])c1. The number of hydrogen-bond donors (Lipinski definition) is 2. The number of aliphatic hydroxyl groups is 1. The lowest BCUT2D eigenvalue weighted by Crippen LogP contribution is -2.51. The minimum atomic E-state index is -0.953. The lowest BCUT2D eigenvalue weighted by atomic mass is 9.85. The second-order valence-corrected chi connectivity index (χ2v) is 5.62. The van der Waals surface area contributed by atoms with Crippen LogP contribution in [0.1, 0.15) is 33.3 Å². The fraction of sp³-hybridized carbons (Fsp3) is 0.538. The van der Waals surface area contributed by atoms with E-state index in [2.05, 4.69) is 5.32 Å². The van der Waals surface area contributed by atoms with Crippen molar-refractivity contribution in [2.45, 2.75) is 45.8 Å². The van der Waals surface area contributed by atoms with Crippen LogP contribution in [0.25, 0.3) is 0 Å². The van der Waals surface area contributed by atoms with E-state index in [0.717, 1.165) is 5.56 Å². The average molecular weight is 252 g/mol. The molecule has 0 amide bonds. The first-order valence-electron chi connectivity index (χ1n) is 5.79. The smallest absolute Gasteiger partial charge is 0.271 e. The maximum Gasteiger partial charge on any atom is 0.271 e. The molecule has 100 valence electrons. The van der Waals surface area contributed by atoms with Crippen LogP contribution in [0.15, 0.2) is 18.2 Å². The van der Waals surface area contributed by atoms with Crippen molar-refractivity contribution in [3.8, 4) is 0 Å². The Morgan fingerprint density at radius 2 is 1.78 bits per heavy atom. The highest BCUT2D eigenvalue weighted by Crippen LogP contribution is 2.28. The zero-order chi connectivity index (χ0) is 14.1. The summed E-state index contributed by atoms with van der Waals surface area (Å²) in [6.07, 6.45) is 0. The standard InChI is InChI=1S/C13H20N2O3/c1-9-6-10(8-11(7-9)15(17)18)14-12(2,3)13(4,5)16/h6-8,14,16H,1-5H3. The van der Waals surface area contributed by atoms with Gasteiger partial charge in [-0.1, -0.05) is 0 Å². The van der Waals surface area contributed by atoms with Crippen molar-refractivity contribution in [3.05, 3.63) is 33.9 Å². The third-order valence-electron chi connectivity index (χ3n) is 3.26. The molecule has 0 bridgehead atoms. The molecule has 0 saturated heterocycles. The largest absolute Gasteiger partial charge is 0.388 e. The second-order valence-electron chi connectivity index (χ2n) is 5.62. The van der Waals surface area contributed by atoms with Crippen LogP contribution < -0.4 is 5.32 Å². The lowest BCUT2D eigenvalue weighted by Gasteiger charge is -2.38. The highest BCUT2D eigenvalue weighted by Gasteiger charge is 2.35. The first-order chi connectivity index (χ1) is 8.03. The second kappa shape index (κ2) is 4.57. The predicted octanol–water partition coefficient (Wildman–Crippen LogP) is 2.86. The molecule has 0 saturated carbocycles. The third-order valence-corrected chi connectivity index (χ3v) is 3.26. The summed E-state index contributed by atoms with van der Waals surface area (Å²) in [4.78, 5) is 10.4. The molecular formula is C13H20N2O3. The number of nitrogens with one attached hydrogen (secondary N) is 1. The molecule has 0 heterocycles. The number of nitrogens with zero attached hydrogens (tertiary/aromatic N) is 1. The van der Waals surface area contributed by atoms with Gasteiger partial charge in [0.1, 0.15) is 0 Å². The van der Waals surface area contributed by atoms with E-state index in [0.29, 0.717) is 5.69 Å². The molecule has 0 aliphatic carbocycles. The van der Waals surface area contributed by atoms with Crippen LogP contribution in [0.3, 0.4) is 0 Å². The van der Waals surface area contributed by atoms with Crippen LogP contribution in [0.5, 0.6) is 0 Å². The number of nitro groups is 1. The van der Waals surface area contributed by atoms with Crippen molar-refractivity contribution in [1.29, 1.82) is 0 Å². The van der Waals surface area contributed by atoms with Crippen molar-refractivity contribution in [2.24, 2.45) is 0 Å². The molecular weight excluding hydrogens is 232 g/mol. The molecule has 1 rings (SSSR count). The van der Waals surface area contributed by atoms with Crippen LogP contribution in [-0.4, -0.2) is 21.2 Å². The summed E-state index contributed by atoms with van der Waals surface area (Å²) in [7, 11) is 0. The zero-order valence-electron chi connectivity index (χ0n) is 11.4. The molecule has 5 nitrogen and oxygen atoms in total. The number of aryl methyl sites for hydroxylation is 1. The summed E-state index contributed by atoms with van der Waals surface area (Å²) in [6, 6.07) is 4.81. The van der Waals surface area contributed by atoms with E-state index in [-0.39, 0.29) is 5.69 Å². The van der Waals surface area contributed by atoms with E-state index in [1.807, 2.05) is 19.9 Å². The van der Waals surface area contributed by atoms with E-state index in [4.69, 9.17) is 0 Å². The van der Waals surface area contributed by atoms with E-state index in [1.165, 1.54) is 12.1 Å². The van der Waals surface area contributed by atoms with Crippen LogP contribution in [-0.2, 0) is 0 Å².